The zero-order chi connectivity index (χ0) is 21.1. The summed E-state index contributed by atoms with van der Waals surface area (Å²) < 4.78 is 10.6. The number of phenolic OH excluding ortho intramolecular Hbond substituents is 1. The summed E-state index contributed by atoms with van der Waals surface area (Å²) in [5.74, 6) is 0.0855. The van der Waals surface area contributed by atoms with Crippen LogP contribution in [0.4, 0.5) is 5.69 Å². The molecule has 0 bridgehead atoms. The van der Waals surface area contributed by atoms with E-state index in [9.17, 15) is 15.0 Å². The highest BCUT2D eigenvalue weighted by atomic mass is 16.5. The van der Waals surface area contributed by atoms with Crippen molar-refractivity contribution in [1.82, 2.24) is 0 Å². The first-order valence-corrected chi connectivity index (χ1v) is 9.42. The molecule has 0 radical (unpaired) electrons. The topological polar surface area (TPSA) is 91.9 Å². The average molecular weight is 403 g/mol. The van der Waals surface area contributed by atoms with Crippen molar-refractivity contribution < 1.29 is 24.2 Å². The van der Waals surface area contributed by atoms with Crippen molar-refractivity contribution in [2.45, 2.75) is 11.7 Å². The summed E-state index contributed by atoms with van der Waals surface area (Å²) in [6.07, 6.45) is 7.38. The Morgan fingerprint density at radius 2 is 1.83 bits per heavy atom. The number of carbonyl (C=O) groups excluding carboxylic acids is 1. The molecule has 2 atom stereocenters. The molecule has 2 aromatic carbocycles. The molecular weight excluding hydrogens is 382 g/mol. The monoisotopic (exact) mass is 403 g/mol. The molecule has 152 valence electrons. The molecule has 3 aromatic rings. The van der Waals surface area contributed by atoms with Crippen LogP contribution < -0.4 is 5.32 Å². The minimum atomic E-state index is -1.86. The molecule has 2 heterocycles. The highest BCUT2D eigenvalue weighted by molar-refractivity contribution is 6.00. The number of carbonyl (C=O) groups is 1. The number of phenols is 1. The Bertz CT molecular complexity index is 1100. The number of allylic oxidation sites excluding steroid dienone is 2. The first-order chi connectivity index (χ1) is 14.6. The van der Waals surface area contributed by atoms with E-state index in [2.05, 4.69) is 5.32 Å². The van der Waals surface area contributed by atoms with E-state index in [0.29, 0.717) is 22.6 Å². The van der Waals surface area contributed by atoms with Crippen molar-refractivity contribution in [2.24, 2.45) is 0 Å². The van der Waals surface area contributed by atoms with E-state index in [4.69, 9.17) is 9.15 Å². The number of aliphatic hydroxyl groups is 1. The summed E-state index contributed by atoms with van der Waals surface area (Å²) in [4.78, 5) is 12.6. The minimum Gasteiger partial charge on any atom is -0.507 e. The third-order valence-electron chi connectivity index (χ3n) is 5.11. The van der Waals surface area contributed by atoms with Crippen molar-refractivity contribution in [3.63, 3.8) is 0 Å². The molecule has 0 fully saturated rings. The van der Waals surface area contributed by atoms with Crippen LogP contribution in [0, 0.1) is 0 Å². The first-order valence-electron chi connectivity index (χ1n) is 9.42. The molecule has 1 aliphatic heterocycles. The molecular formula is C24H21NO5. The number of ether oxygens (including phenoxy) is 1. The first kappa shape index (κ1) is 19.7. The Labute approximate surface area is 173 Å². The second-order valence-electron chi connectivity index (χ2n) is 6.90. The number of hydrogen-bond acceptors (Lipinski definition) is 5. The summed E-state index contributed by atoms with van der Waals surface area (Å²) in [6.45, 7) is 0. The van der Waals surface area contributed by atoms with Crippen molar-refractivity contribution in [3.8, 4) is 5.75 Å². The number of anilines is 1. The number of amides is 1. The van der Waals surface area contributed by atoms with Gasteiger partial charge in [-0.3, -0.25) is 4.79 Å². The third kappa shape index (κ3) is 3.32. The van der Waals surface area contributed by atoms with Gasteiger partial charge in [0.2, 0.25) is 0 Å². The zero-order valence-electron chi connectivity index (χ0n) is 16.3. The van der Waals surface area contributed by atoms with Crippen LogP contribution in [0.1, 0.15) is 22.5 Å². The second kappa shape index (κ2) is 8.02. The summed E-state index contributed by atoms with van der Waals surface area (Å²) in [5, 5.41) is 25.5. The van der Waals surface area contributed by atoms with Gasteiger partial charge in [-0.1, -0.05) is 48.6 Å². The fourth-order valence-electron chi connectivity index (χ4n) is 3.71. The molecule has 30 heavy (non-hydrogen) atoms. The molecule has 0 aliphatic carbocycles. The van der Waals surface area contributed by atoms with Gasteiger partial charge in [-0.25, -0.2) is 0 Å². The molecule has 6 heteroatoms. The van der Waals surface area contributed by atoms with Crippen LogP contribution in [0.25, 0.3) is 12.2 Å². The largest absolute Gasteiger partial charge is 0.507 e. The van der Waals surface area contributed by atoms with Gasteiger partial charge in [0.15, 0.2) is 11.7 Å². The Morgan fingerprint density at radius 3 is 2.53 bits per heavy atom. The maximum absolute atomic E-state index is 12.6. The van der Waals surface area contributed by atoms with Crippen LogP contribution in [-0.4, -0.2) is 29.3 Å². The maximum Gasteiger partial charge on any atom is 0.257 e. The van der Waals surface area contributed by atoms with Crippen molar-refractivity contribution in [2.75, 3.05) is 12.4 Å². The number of methoxy groups -OCH3 is 1. The van der Waals surface area contributed by atoms with Crippen LogP contribution in [0.2, 0.25) is 0 Å². The number of rotatable bonds is 5. The zero-order valence-corrected chi connectivity index (χ0v) is 16.3. The number of fused-ring (bicyclic) bond motifs is 1. The Hall–Kier alpha value is -3.61. The van der Waals surface area contributed by atoms with Crippen LogP contribution in [0.3, 0.4) is 0 Å². The lowest BCUT2D eigenvalue weighted by Crippen LogP contribution is -2.52. The van der Waals surface area contributed by atoms with Gasteiger partial charge in [-0.15, -0.1) is 0 Å². The number of hydrogen-bond donors (Lipinski definition) is 3. The van der Waals surface area contributed by atoms with Crippen LogP contribution in [-0.2, 0) is 15.1 Å². The van der Waals surface area contributed by atoms with Gasteiger partial charge in [0.1, 0.15) is 11.5 Å². The Balaban J connectivity index is 1.79. The normalized spacial score (nSPS) is 21.1. The molecule has 6 nitrogen and oxygen atoms in total. The molecule has 2 unspecified atom stereocenters. The van der Waals surface area contributed by atoms with E-state index in [-0.39, 0.29) is 11.3 Å². The predicted octanol–water partition coefficient (Wildman–Crippen LogP) is 3.91. The summed E-state index contributed by atoms with van der Waals surface area (Å²) in [7, 11) is 1.35. The highest BCUT2D eigenvalue weighted by Crippen LogP contribution is 2.47. The fraction of sp³-hybridized carbons (Fsp3) is 0.125. The summed E-state index contributed by atoms with van der Waals surface area (Å²) in [5.41, 5.74) is -0.399. The number of benzene rings is 2. The molecule has 0 saturated heterocycles. The standard InChI is InChI=1S/C24H21NO5/c1-29-22-23(27)25-19-14-13-16(8-5-6-11-18-12-7-15-30-18)21(26)20(19)24(22,28)17-9-3-2-4-10-17/h2-15,22,26,28H,1H3,(H,25,27)/b8-5+,11-6+. The third-order valence-corrected chi connectivity index (χ3v) is 5.11. The van der Waals surface area contributed by atoms with Gasteiger partial charge in [0.25, 0.3) is 5.91 Å². The second-order valence-corrected chi connectivity index (χ2v) is 6.90. The van der Waals surface area contributed by atoms with E-state index < -0.39 is 17.6 Å². The SMILES string of the molecule is COC1C(=O)Nc2ccc(/C=C/C=C/c3ccco3)c(O)c2C1(O)c1ccccc1. The van der Waals surface area contributed by atoms with E-state index in [1.807, 2.05) is 12.1 Å². The van der Waals surface area contributed by atoms with E-state index in [1.165, 1.54) is 7.11 Å². The Morgan fingerprint density at radius 1 is 1.07 bits per heavy atom. The summed E-state index contributed by atoms with van der Waals surface area (Å²) in [6, 6.07) is 15.7. The van der Waals surface area contributed by atoms with Gasteiger partial charge in [-0.2, -0.15) is 0 Å². The lowest BCUT2D eigenvalue weighted by Gasteiger charge is -2.40. The average Bonchev–Trinajstić information content (AvgIpc) is 3.27. The van der Waals surface area contributed by atoms with Gasteiger partial charge in [-0.05, 0) is 35.9 Å². The van der Waals surface area contributed by atoms with Crippen molar-refractivity contribution in [3.05, 3.63) is 95.5 Å². The van der Waals surface area contributed by atoms with Crippen molar-refractivity contribution >= 4 is 23.7 Å². The van der Waals surface area contributed by atoms with E-state index >= 15 is 0 Å². The van der Waals surface area contributed by atoms with Crippen molar-refractivity contribution in [1.29, 1.82) is 0 Å². The molecule has 1 aromatic heterocycles. The number of nitrogens with one attached hydrogen (secondary N) is 1. The van der Waals surface area contributed by atoms with Crippen LogP contribution in [0.5, 0.6) is 5.75 Å². The highest BCUT2D eigenvalue weighted by Gasteiger charge is 2.51. The summed E-state index contributed by atoms with van der Waals surface area (Å²) >= 11 is 0. The lowest BCUT2D eigenvalue weighted by molar-refractivity contribution is -0.142. The van der Waals surface area contributed by atoms with Gasteiger partial charge in [0.05, 0.1) is 17.5 Å². The number of furan rings is 1. The maximum atomic E-state index is 12.6. The molecule has 1 amide bonds. The van der Waals surface area contributed by atoms with E-state index in [0.717, 1.165) is 0 Å². The van der Waals surface area contributed by atoms with Gasteiger partial charge < -0.3 is 24.7 Å². The smallest absolute Gasteiger partial charge is 0.257 e. The molecule has 0 spiro atoms. The van der Waals surface area contributed by atoms with Gasteiger partial charge in [0, 0.05) is 12.7 Å². The van der Waals surface area contributed by atoms with E-state index in [1.54, 1.807) is 73.0 Å². The van der Waals surface area contributed by atoms with Gasteiger partial charge >= 0.3 is 0 Å². The molecule has 3 N–H and O–H groups in total. The predicted molar refractivity (Wildman–Crippen MR) is 114 cm³/mol. The fourth-order valence-corrected chi connectivity index (χ4v) is 3.71. The lowest BCUT2D eigenvalue weighted by atomic mass is 9.77. The van der Waals surface area contributed by atoms with Crippen LogP contribution >= 0.6 is 0 Å². The number of aromatic hydroxyl groups is 1. The minimum absolute atomic E-state index is 0.136. The van der Waals surface area contributed by atoms with Crippen LogP contribution in [0.15, 0.2) is 77.4 Å². The quantitative estimate of drug-likeness (QED) is 0.562. The molecule has 0 saturated carbocycles. The molecule has 1 aliphatic rings. The Kier molecular flexibility index (Phi) is 5.27. The molecule has 4 rings (SSSR count).